The Labute approximate surface area is 96.9 Å². The smallest absolute Gasteiger partial charge is 0.169 e. The summed E-state index contributed by atoms with van der Waals surface area (Å²) in [6.45, 7) is 4.15. The molecule has 0 heterocycles. The third-order valence-corrected chi connectivity index (χ3v) is 4.13. The number of fused-ring (bicyclic) bond motifs is 3. The van der Waals surface area contributed by atoms with Crippen LogP contribution >= 0.6 is 0 Å². The van der Waals surface area contributed by atoms with Gasteiger partial charge in [0.05, 0.1) is 0 Å². The van der Waals surface area contributed by atoms with Crippen molar-refractivity contribution in [1.29, 1.82) is 0 Å². The fourth-order valence-corrected chi connectivity index (χ4v) is 3.21. The molecule has 1 heteroatoms. The van der Waals surface area contributed by atoms with Crippen molar-refractivity contribution in [2.75, 3.05) is 0 Å². The van der Waals surface area contributed by atoms with Crippen molar-refractivity contribution in [3.63, 3.8) is 0 Å². The predicted octanol–water partition coefficient (Wildman–Crippen LogP) is 3.33. The lowest BCUT2D eigenvalue weighted by atomic mass is 9.85. The second-order valence-corrected chi connectivity index (χ2v) is 5.83. The van der Waals surface area contributed by atoms with Gasteiger partial charge in [-0.25, -0.2) is 0 Å². The molecule has 0 fully saturated rings. The molecule has 1 aromatic carbocycles. The quantitative estimate of drug-likeness (QED) is 0.647. The topological polar surface area (TPSA) is 17.1 Å². The Bertz CT molecular complexity index is 469. The van der Waals surface area contributed by atoms with Crippen LogP contribution in [-0.4, -0.2) is 5.78 Å². The fraction of sp³-hybridized carbons (Fsp3) is 0.533. The highest BCUT2D eigenvalue weighted by Crippen LogP contribution is 2.40. The molecule has 0 spiro atoms. The lowest BCUT2D eigenvalue weighted by Crippen LogP contribution is -2.18. The highest BCUT2D eigenvalue weighted by molar-refractivity contribution is 6.04. The summed E-state index contributed by atoms with van der Waals surface area (Å²) in [6, 6.07) is 4.25. The second-order valence-electron chi connectivity index (χ2n) is 5.83. The zero-order valence-electron chi connectivity index (χ0n) is 10.1. The Morgan fingerprint density at radius 1 is 1.06 bits per heavy atom. The summed E-state index contributed by atoms with van der Waals surface area (Å²) in [4.78, 5) is 12.2. The molecule has 0 unspecified atom stereocenters. The standard InChI is InChI=1S/C15H18O/c1-15(2)9-13-11-6-4-3-5-10(11)7-8-12(13)14(15)16/h7-8H,3-6,9H2,1-2H3. The number of aryl methyl sites for hydroxylation is 1. The molecular weight excluding hydrogens is 196 g/mol. The number of carbonyl (C=O) groups excluding carboxylic acids is 1. The van der Waals surface area contributed by atoms with Gasteiger partial charge in [-0.1, -0.05) is 26.0 Å². The number of rotatable bonds is 0. The summed E-state index contributed by atoms with van der Waals surface area (Å²) in [6.07, 6.45) is 5.94. The van der Waals surface area contributed by atoms with Gasteiger partial charge in [0.15, 0.2) is 5.78 Å². The van der Waals surface area contributed by atoms with Gasteiger partial charge in [0.2, 0.25) is 0 Å². The fourth-order valence-electron chi connectivity index (χ4n) is 3.21. The molecule has 1 nitrogen and oxygen atoms in total. The Morgan fingerprint density at radius 2 is 1.81 bits per heavy atom. The van der Waals surface area contributed by atoms with Crippen molar-refractivity contribution in [3.8, 4) is 0 Å². The van der Waals surface area contributed by atoms with Crippen LogP contribution in [0.15, 0.2) is 12.1 Å². The van der Waals surface area contributed by atoms with E-state index < -0.39 is 0 Å². The molecule has 0 bridgehead atoms. The maximum Gasteiger partial charge on any atom is 0.169 e. The molecule has 84 valence electrons. The van der Waals surface area contributed by atoms with Crippen molar-refractivity contribution >= 4 is 5.78 Å². The molecule has 0 N–H and O–H groups in total. The van der Waals surface area contributed by atoms with Crippen LogP contribution in [-0.2, 0) is 19.3 Å². The van der Waals surface area contributed by atoms with Gasteiger partial charge in [0, 0.05) is 11.0 Å². The largest absolute Gasteiger partial charge is 0.294 e. The Kier molecular flexibility index (Phi) is 2.01. The van der Waals surface area contributed by atoms with E-state index in [0.29, 0.717) is 5.78 Å². The predicted molar refractivity (Wildman–Crippen MR) is 64.9 cm³/mol. The minimum Gasteiger partial charge on any atom is -0.294 e. The van der Waals surface area contributed by atoms with Crippen molar-refractivity contribution in [1.82, 2.24) is 0 Å². The van der Waals surface area contributed by atoms with E-state index in [2.05, 4.69) is 26.0 Å². The normalized spacial score (nSPS) is 21.8. The van der Waals surface area contributed by atoms with Gasteiger partial charge in [-0.15, -0.1) is 0 Å². The van der Waals surface area contributed by atoms with Crippen LogP contribution in [0.5, 0.6) is 0 Å². The molecule has 0 saturated carbocycles. The molecule has 0 atom stereocenters. The van der Waals surface area contributed by atoms with E-state index >= 15 is 0 Å². The van der Waals surface area contributed by atoms with E-state index in [4.69, 9.17) is 0 Å². The van der Waals surface area contributed by atoms with Crippen LogP contribution < -0.4 is 0 Å². The Balaban J connectivity index is 2.18. The molecule has 16 heavy (non-hydrogen) atoms. The van der Waals surface area contributed by atoms with E-state index in [1.54, 1.807) is 0 Å². The van der Waals surface area contributed by atoms with Gasteiger partial charge in [0.1, 0.15) is 0 Å². The van der Waals surface area contributed by atoms with Gasteiger partial charge in [-0.2, -0.15) is 0 Å². The summed E-state index contributed by atoms with van der Waals surface area (Å²) in [5.41, 5.74) is 5.20. The molecule has 3 rings (SSSR count). The van der Waals surface area contributed by atoms with Crippen molar-refractivity contribution < 1.29 is 4.79 Å². The van der Waals surface area contributed by atoms with Gasteiger partial charge in [-0.05, 0) is 48.8 Å². The lowest BCUT2D eigenvalue weighted by molar-refractivity contribution is 0.0863. The van der Waals surface area contributed by atoms with Gasteiger partial charge >= 0.3 is 0 Å². The number of hydrogen-bond donors (Lipinski definition) is 0. The number of hydrogen-bond acceptors (Lipinski definition) is 1. The Hall–Kier alpha value is -1.11. The summed E-state index contributed by atoms with van der Waals surface area (Å²) < 4.78 is 0. The number of carbonyl (C=O) groups is 1. The van der Waals surface area contributed by atoms with Crippen LogP contribution in [0.2, 0.25) is 0 Å². The average Bonchev–Trinajstić information content (AvgIpc) is 2.51. The molecule has 0 saturated heterocycles. The van der Waals surface area contributed by atoms with E-state index in [-0.39, 0.29) is 5.41 Å². The minimum atomic E-state index is -0.172. The molecule has 2 aliphatic rings. The van der Waals surface area contributed by atoms with E-state index in [9.17, 15) is 4.79 Å². The summed E-state index contributed by atoms with van der Waals surface area (Å²) in [5.74, 6) is 0.343. The maximum atomic E-state index is 12.2. The third kappa shape index (κ3) is 1.27. The number of ketones is 1. The van der Waals surface area contributed by atoms with Gasteiger partial charge in [-0.3, -0.25) is 4.79 Å². The molecule has 2 aliphatic carbocycles. The molecule has 0 aliphatic heterocycles. The first-order valence-electron chi connectivity index (χ1n) is 6.28. The zero-order valence-corrected chi connectivity index (χ0v) is 10.1. The monoisotopic (exact) mass is 214 g/mol. The summed E-state index contributed by atoms with van der Waals surface area (Å²) >= 11 is 0. The first-order chi connectivity index (χ1) is 7.59. The highest BCUT2D eigenvalue weighted by Gasteiger charge is 2.39. The lowest BCUT2D eigenvalue weighted by Gasteiger charge is -2.19. The van der Waals surface area contributed by atoms with E-state index in [0.717, 1.165) is 12.0 Å². The molecule has 0 aromatic heterocycles. The Morgan fingerprint density at radius 3 is 2.62 bits per heavy atom. The summed E-state index contributed by atoms with van der Waals surface area (Å²) in [7, 11) is 0. The number of Topliss-reactive ketones (excluding diaryl/α,β-unsaturated/α-hetero) is 1. The van der Waals surface area contributed by atoms with E-state index in [1.165, 1.54) is 42.4 Å². The van der Waals surface area contributed by atoms with Crippen molar-refractivity contribution in [2.24, 2.45) is 5.41 Å². The second kappa shape index (κ2) is 3.19. The van der Waals surface area contributed by atoms with Crippen molar-refractivity contribution in [2.45, 2.75) is 46.0 Å². The van der Waals surface area contributed by atoms with Gasteiger partial charge < -0.3 is 0 Å². The van der Waals surface area contributed by atoms with Gasteiger partial charge in [0.25, 0.3) is 0 Å². The molecular formula is C15H18O. The molecule has 0 radical (unpaired) electrons. The average molecular weight is 214 g/mol. The first-order valence-corrected chi connectivity index (χ1v) is 6.28. The van der Waals surface area contributed by atoms with Crippen LogP contribution in [0, 0.1) is 5.41 Å². The van der Waals surface area contributed by atoms with Crippen LogP contribution in [0.3, 0.4) is 0 Å². The van der Waals surface area contributed by atoms with E-state index in [1.807, 2.05) is 0 Å². The summed E-state index contributed by atoms with van der Waals surface area (Å²) in [5, 5.41) is 0. The zero-order chi connectivity index (χ0) is 11.3. The number of benzene rings is 1. The van der Waals surface area contributed by atoms with Crippen LogP contribution in [0.25, 0.3) is 0 Å². The molecule has 1 aromatic rings. The minimum absolute atomic E-state index is 0.172. The van der Waals surface area contributed by atoms with Crippen LogP contribution in [0.4, 0.5) is 0 Å². The van der Waals surface area contributed by atoms with Crippen LogP contribution in [0.1, 0.15) is 53.7 Å². The highest BCUT2D eigenvalue weighted by atomic mass is 16.1. The SMILES string of the molecule is CC1(C)Cc2c(ccc3c2CCCC3)C1=O. The molecule has 0 amide bonds. The first kappa shape index (κ1) is 10.1. The third-order valence-electron chi connectivity index (χ3n) is 4.13. The van der Waals surface area contributed by atoms with Crippen molar-refractivity contribution in [3.05, 3.63) is 34.4 Å². The maximum absolute atomic E-state index is 12.2.